The Balaban J connectivity index is 4.40. The van der Waals surface area contributed by atoms with Crippen molar-refractivity contribution in [1.29, 1.82) is 0 Å². The highest BCUT2D eigenvalue weighted by Crippen LogP contribution is 2.06. The Hall–Kier alpha value is -1.21. The molecule has 0 amide bonds. The van der Waals surface area contributed by atoms with Gasteiger partial charge in [-0.25, -0.2) is 0 Å². The normalized spacial score (nSPS) is 8.86. The van der Waals surface area contributed by atoms with E-state index in [2.05, 4.69) is 21.3 Å². The zero-order chi connectivity index (χ0) is 11.0. The fraction of sp³-hybridized carbons (Fsp3) is 0.556. The molecule has 0 aliphatic heterocycles. The van der Waals surface area contributed by atoms with Crippen LogP contribution >= 0.6 is 11.6 Å². The Morgan fingerprint density at radius 1 is 1.21 bits per heavy atom. The molecule has 0 saturated heterocycles. The fourth-order valence-electron chi connectivity index (χ4n) is 0.769. The van der Waals surface area contributed by atoms with Gasteiger partial charge in [0.25, 0.3) is 0 Å². The summed E-state index contributed by atoms with van der Waals surface area (Å²) in [5.41, 5.74) is 0. The highest BCUT2D eigenvalue weighted by atomic mass is 35.5. The Bertz CT molecular complexity index is 248. The molecule has 0 aromatic heterocycles. The molecule has 0 aromatic rings. The van der Waals surface area contributed by atoms with E-state index in [1.807, 2.05) is 0 Å². The van der Waals surface area contributed by atoms with Gasteiger partial charge in [-0.15, -0.1) is 17.5 Å². The molecule has 0 bridgehead atoms. The fourth-order valence-corrected chi connectivity index (χ4v) is 0.863. The van der Waals surface area contributed by atoms with E-state index in [0.29, 0.717) is 0 Å². The Morgan fingerprint density at radius 3 is 2.07 bits per heavy atom. The van der Waals surface area contributed by atoms with Crippen molar-refractivity contribution in [3.63, 3.8) is 0 Å². The van der Waals surface area contributed by atoms with Gasteiger partial charge in [0.2, 0.25) is 0 Å². The molecule has 0 atom stereocenters. The van der Waals surface area contributed by atoms with Gasteiger partial charge in [0.05, 0.1) is 20.1 Å². The molecule has 0 fully saturated rings. The highest BCUT2D eigenvalue weighted by molar-refractivity contribution is 6.19. The monoisotopic (exact) mass is 218 g/mol. The quantitative estimate of drug-likeness (QED) is 0.301. The largest absolute Gasteiger partial charge is 0.468 e. The van der Waals surface area contributed by atoms with Crippen molar-refractivity contribution in [2.24, 2.45) is 5.92 Å². The zero-order valence-corrected chi connectivity index (χ0v) is 8.76. The van der Waals surface area contributed by atoms with Crippen LogP contribution in [-0.2, 0) is 19.1 Å². The standard InChI is InChI=1S/C9H11ClO4/c1-13-8(11)7(9(12)14-2)5-3-4-6-10/h7H,5-6H2,1-2H3. The van der Waals surface area contributed by atoms with E-state index in [1.165, 1.54) is 14.2 Å². The predicted octanol–water partition coefficient (Wildman–Crippen LogP) is 0.581. The number of esters is 2. The van der Waals surface area contributed by atoms with E-state index < -0.39 is 17.9 Å². The zero-order valence-electron chi connectivity index (χ0n) is 8.00. The van der Waals surface area contributed by atoms with Gasteiger partial charge < -0.3 is 9.47 Å². The number of carbonyl (C=O) groups is 2. The topological polar surface area (TPSA) is 52.6 Å². The van der Waals surface area contributed by atoms with Crippen LogP contribution in [-0.4, -0.2) is 32.0 Å². The van der Waals surface area contributed by atoms with Gasteiger partial charge in [-0.3, -0.25) is 9.59 Å². The van der Waals surface area contributed by atoms with Gasteiger partial charge >= 0.3 is 11.9 Å². The third-order valence-corrected chi connectivity index (χ3v) is 1.60. The number of ether oxygens (including phenoxy) is 2. The van der Waals surface area contributed by atoms with Crippen LogP contribution in [0.5, 0.6) is 0 Å². The van der Waals surface area contributed by atoms with Crippen molar-refractivity contribution >= 4 is 23.5 Å². The summed E-state index contributed by atoms with van der Waals surface area (Å²) in [7, 11) is 2.40. The van der Waals surface area contributed by atoms with Crippen molar-refractivity contribution < 1.29 is 19.1 Å². The summed E-state index contributed by atoms with van der Waals surface area (Å²) in [6.45, 7) is 0. The van der Waals surface area contributed by atoms with Crippen molar-refractivity contribution in [3.05, 3.63) is 0 Å². The molecular formula is C9H11ClO4. The predicted molar refractivity (Wildman–Crippen MR) is 50.6 cm³/mol. The molecule has 0 radical (unpaired) electrons. The minimum absolute atomic E-state index is 0.0616. The van der Waals surface area contributed by atoms with Crippen molar-refractivity contribution in [1.82, 2.24) is 0 Å². The highest BCUT2D eigenvalue weighted by Gasteiger charge is 2.27. The molecule has 0 saturated carbocycles. The molecule has 0 unspecified atom stereocenters. The second-order valence-electron chi connectivity index (χ2n) is 2.29. The smallest absolute Gasteiger partial charge is 0.321 e. The first-order chi connectivity index (χ1) is 6.67. The summed E-state index contributed by atoms with van der Waals surface area (Å²) in [5, 5.41) is 0. The second kappa shape index (κ2) is 7.22. The van der Waals surface area contributed by atoms with E-state index in [-0.39, 0.29) is 12.3 Å². The average Bonchev–Trinajstić information content (AvgIpc) is 2.22. The third-order valence-electron chi connectivity index (χ3n) is 1.47. The number of hydrogen-bond acceptors (Lipinski definition) is 4. The maximum Gasteiger partial charge on any atom is 0.321 e. The minimum Gasteiger partial charge on any atom is -0.468 e. The van der Waals surface area contributed by atoms with Gasteiger partial charge in [-0.05, 0) is 0 Å². The lowest BCUT2D eigenvalue weighted by atomic mass is 10.1. The Morgan fingerprint density at radius 2 is 1.71 bits per heavy atom. The first-order valence-corrected chi connectivity index (χ1v) is 4.38. The average molecular weight is 219 g/mol. The molecule has 14 heavy (non-hydrogen) atoms. The van der Waals surface area contributed by atoms with Crippen LogP contribution in [0, 0.1) is 17.8 Å². The first-order valence-electron chi connectivity index (χ1n) is 3.84. The lowest BCUT2D eigenvalue weighted by molar-refractivity contribution is -0.158. The van der Waals surface area contributed by atoms with Crippen LogP contribution in [0.25, 0.3) is 0 Å². The maximum atomic E-state index is 11.1. The van der Waals surface area contributed by atoms with Gasteiger partial charge in [0.1, 0.15) is 0 Å². The van der Waals surface area contributed by atoms with Crippen LogP contribution < -0.4 is 0 Å². The molecule has 4 nitrogen and oxygen atoms in total. The summed E-state index contributed by atoms with van der Waals surface area (Å²) < 4.78 is 8.85. The Labute approximate surface area is 87.5 Å². The van der Waals surface area contributed by atoms with Gasteiger partial charge in [-0.1, -0.05) is 5.92 Å². The number of alkyl halides is 1. The lowest BCUT2D eigenvalue weighted by Crippen LogP contribution is -2.26. The van der Waals surface area contributed by atoms with Crippen LogP contribution in [0.1, 0.15) is 6.42 Å². The van der Waals surface area contributed by atoms with Crippen LogP contribution in [0.2, 0.25) is 0 Å². The van der Waals surface area contributed by atoms with E-state index in [9.17, 15) is 9.59 Å². The van der Waals surface area contributed by atoms with E-state index in [1.54, 1.807) is 0 Å². The lowest BCUT2D eigenvalue weighted by Gasteiger charge is -2.08. The summed E-state index contributed by atoms with van der Waals surface area (Å²) in [5.74, 6) is 2.99. The molecule has 78 valence electrons. The molecule has 5 heteroatoms. The number of hydrogen-bond donors (Lipinski definition) is 0. The Kier molecular flexibility index (Phi) is 6.59. The summed E-state index contributed by atoms with van der Waals surface area (Å²) >= 11 is 5.31. The number of carbonyl (C=O) groups excluding carboxylic acids is 2. The number of methoxy groups -OCH3 is 2. The van der Waals surface area contributed by atoms with Crippen LogP contribution in [0.3, 0.4) is 0 Å². The molecule has 0 N–H and O–H groups in total. The molecule has 0 heterocycles. The van der Waals surface area contributed by atoms with Crippen molar-refractivity contribution in [2.75, 3.05) is 20.1 Å². The summed E-state index contributed by atoms with van der Waals surface area (Å²) in [6.07, 6.45) is 0.0616. The third kappa shape index (κ3) is 4.15. The SMILES string of the molecule is COC(=O)C(CC#CCCl)C(=O)OC. The molecule has 0 spiro atoms. The maximum absolute atomic E-state index is 11.1. The second-order valence-corrected chi connectivity index (χ2v) is 2.56. The molecule has 0 aliphatic carbocycles. The van der Waals surface area contributed by atoms with E-state index in [0.717, 1.165) is 0 Å². The first kappa shape index (κ1) is 12.8. The van der Waals surface area contributed by atoms with E-state index >= 15 is 0 Å². The van der Waals surface area contributed by atoms with Crippen molar-refractivity contribution in [2.45, 2.75) is 6.42 Å². The minimum atomic E-state index is -0.985. The summed E-state index contributed by atoms with van der Waals surface area (Å²) in [4.78, 5) is 22.2. The van der Waals surface area contributed by atoms with Gasteiger partial charge in [-0.2, -0.15) is 0 Å². The van der Waals surface area contributed by atoms with E-state index in [4.69, 9.17) is 11.6 Å². The van der Waals surface area contributed by atoms with Crippen molar-refractivity contribution in [3.8, 4) is 11.8 Å². The molecular weight excluding hydrogens is 208 g/mol. The number of halogens is 1. The van der Waals surface area contributed by atoms with Crippen LogP contribution in [0.4, 0.5) is 0 Å². The molecule has 0 aromatic carbocycles. The number of rotatable bonds is 3. The summed E-state index contributed by atoms with van der Waals surface area (Å²) in [6, 6.07) is 0. The van der Waals surface area contributed by atoms with Gasteiger partial charge in [0, 0.05) is 6.42 Å². The van der Waals surface area contributed by atoms with Crippen LogP contribution in [0.15, 0.2) is 0 Å². The molecule has 0 rings (SSSR count). The van der Waals surface area contributed by atoms with Gasteiger partial charge in [0.15, 0.2) is 5.92 Å². The molecule has 0 aliphatic rings.